The van der Waals surface area contributed by atoms with Crippen molar-refractivity contribution in [2.75, 3.05) is 0 Å². The molecular weight excluding hydrogens is 683 g/mol. The molecule has 3 heterocycles. The highest BCUT2D eigenvalue weighted by Crippen LogP contribution is 2.43. The van der Waals surface area contributed by atoms with Gasteiger partial charge in [0.1, 0.15) is 5.82 Å². The fourth-order valence-electron chi connectivity index (χ4n) is 9.11. The van der Waals surface area contributed by atoms with Gasteiger partial charge in [-0.05, 0) is 89.2 Å². The van der Waals surface area contributed by atoms with Crippen LogP contribution in [0, 0.1) is 0 Å². The average Bonchev–Trinajstić information content (AvgIpc) is 3.84. The van der Waals surface area contributed by atoms with Crippen molar-refractivity contribution < 1.29 is 0 Å². The molecule has 3 unspecified atom stereocenters. The molecule has 1 aliphatic heterocycles. The van der Waals surface area contributed by atoms with Gasteiger partial charge in [0, 0.05) is 51.3 Å². The lowest BCUT2D eigenvalue weighted by molar-refractivity contribution is 0.417. The van der Waals surface area contributed by atoms with Crippen molar-refractivity contribution in [1.29, 1.82) is 0 Å². The van der Waals surface area contributed by atoms with E-state index in [1.807, 2.05) is 0 Å². The van der Waals surface area contributed by atoms with E-state index in [0.29, 0.717) is 17.6 Å². The van der Waals surface area contributed by atoms with E-state index in [1.54, 1.807) is 0 Å². The monoisotopic (exact) mass is 721 g/mol. The van der Waals surface area contributed by atoms with Crippen molar-refractivity contribution in [2.45, 2.75) is 38.1 Å². The third-order valence-electron chi connectivity index (χ3n) is 11.9. The van der Waals surface area contributed by atoms with E-state index < -0.39 is 0 Å². The van der Waals surface area contributed by atoms with E-state index in [2.05, 4.69) is 193 Å². The molecule has 0 bridgehead atoms. The summed E-state index contributed by atoms with van der Waals surface area (Å²) in [5.41, 5.74) is 7.03. The summed E-state index contributed by atoms with van der Waals surface area (Å²) in [4.78, 5) is 17.9. The zero-order valence-corrected chi connectivity index (χ0v) is 31.3. The molecule has 6 aromatic carbocycles. The van der Waals surface area contributed by atoms with Crippen molar-refractivity contribution >= 4 is 55.0 Å². The SMILES string of the molecule is C/C=C\C=C(/C)N1C=CC2c3ccc4cccc5c4c3c(n5C3=CCC(c4nc(-c5ccc6ccccc6c5)nc(-c5ccc6ccccc6c5)n4)C=C3)=CC21. The van der Waals surface area contributed by atoms with Crippen LogP contribution >= 0.6 is 0 Å². The lowest BCUT2D eigenvalue weighted by Crippen LogP contribution is -2.34. The van der Waals surface area contributed by atoms with E-state index in [1.165, 1.54) is 54.8 Å². The van der Waals surface area contributed by atoms with Crippen LogP contribution in [0.2, 0.25) is 0 Å². The molecule has 0 fully saturated rings. The van der Waals surface area contributed by atoms with Gasteiger partial charge in [0.25, 0.3) is 0 Å². The van der Waals surface area contributed by atoms with Gasteiger partial charge in [-0.2, -0.15) is 0 Å². The molecule has 0 saturated carbocycles. The first-order valence-electron chi connectivity index (χ1n) is 19.6. The minimum absolute atomic E-state index is 0.00450. The molecule has 2 aliphatic carbocycles. The van der Waals surface area contributed by atoms with E-state index in [4.69, 9.17) is 15.0 Å². The van der Waals surface area contributed by atoms with Crippen molar-refractivity contribution in [1.82, 2.24) is 24.4 Å². The Bertz CT molecular complexity index is 3020. The predicted octanol–water partition coefficient (Wildman–Crippen LogP) is 11.5. The van der Waals surface area contributed by atoms with Crippen LogP contribution in [-0.4, -0.2) is 30.5 Å². The summed E-state index contributed by atoms with van der Waals surface area (Å²) >= 11 is 0. The van der Waals surface area contributed by atoms with Gasteiger partial charge in [0.15, 0.2) is 11.6 Å². The van der Waals surface area contributed by atoms with Crippen molar-refractivity contribution in [2.24, 2.45) is 0 Å². The van der Waals surface area contributed by atoms with Gasteiger partial charge in [-0.1, -0.05) is 127 Å². The molecule has 5 heteroatoms. The molecule has 0 amide bonds. The highest BCUT2D eigenvalue weighted by molar-refractivity contribution is 6.13. The number of hydrogen-bond acceptors (Lipinski definition) is 4. The molecule has 8 aromatic rings. The molecule has 3 aliphatic rings. The quantitative estimate of drug-likeness (QED) is 0.160. The summed E-state index contributed by atoms with van der Waals surface area (Å²) in [7, 11) is 0. The Morgan fingerprint density at radius 1 is 0.696 bits per heavy atom. The summed E-state index contributed by atoms with van der Waals surface area (Å²) in [6, 6.07) is 41.4. The summed E-state index contributed by atoms with van der Waals surface area (Å²) < 4.78 is 2.49. The Morgan fingerprint density at radius 2 is 1.38 bits per heavy atom. The smallest absolute Gasteiger partial charge is 0.163 e. The Hall–Kier alpha value is -6.85. The lowest BCUT2D eigenvalue weighted by Gasteiger charge is -2.31. The maximum atomic E-state index is 5.19. The van der Waals surface area contributed by atoms with E-state index >= 15 is 0 Å². The van der Waals surface area contributed by atoms with Gasteiger partial charge in [-0.25, -0.2) is 15.0 Å². The molecule has 0 radical (unpaired) electrons. The standard InChI is InChI=1S/C51H39N5/c1-3-4-10-32(2)55-28-27-42-43-26-23-35-15-9-16-44-47(35)48(43)46(31-45(42)55)56(44)41-24-21-36(22-25-41)49-52-50(39-19-17-33-11-5-7-13-37(33)29-39)54-51(53-49)40-20-18-34-12-6-8-14-38(34)30-40/h3-21,23-31,36,42,45H,22H2,1-2H3/b4-3-,32-10+. The zero-order chi connectivity index (χ0) is 37.3. The Labute approximate surface area is 325 Å². The Balaban J connectivity index is 1.02. The van der Waals surface area contributed by atoms with E-state index in [-0.39, 0.29) is 12.0 Å². The molecule has 0 saturated heterocycles. The van der Waals surface area contributed by atoms with Crippen LogP contribution in [-0.2, 0) is 0 Å². The number of benzene rings is 6. The van der Waals surface area contributed by atoms with Crippen molar-refractivity contribution in [3.8, 4) is 22.8 Å². The summed E-state index contributed by atoms with van der Waals surface area (Å²) in [6.45, 7) is 4.27. The topological polar surface area (TPSA) is 46.8 Å². The van der Waals surface area contributed by atoms with E-state index in [9.17, 15) is 0 Å². The molecule has 3 atom stereocenters. The number of hydrogen-bond donors (Lipinski definition) is 0. The van der Waals surface area contributed by atoms with Gasteiger partial charge in [0.05, 0.1) is 16.9 Å². The van der Waals surface area contributed by atoms with Crippen LogP contribution in [0.5, 0.6) is 0 Å². The second-order valence-corrected chi connectivity index (χ2v) is 15.2. The number of rotatable bonds is 6. The van der Waals surface area contributed by atoms with Crippen LogP contribution in [0.25, 0.3) is 77.8 Å². The highest BCUT2D eigenvalue weighted by Gasteiger charge is 2.35. The number of aromatic nitrogens is 4. The highest BCUT2D eigenvalue weighted by atomic mass is 15.2. The zero-order valence-electron chi connectivity index (χ0n) is 31.3. The normalized spacial score (nSPS) is 19.1. The first kappa shape index (κ1) is 32.6. The summed E-state index contributed by atoms with van der Waals surface area (Å²) in [6.07, 6.45) is 21.3. The fraction of sp³-hybridized carbons (Fsp3) is 0.118. The molecule has 56 heavy (non-hydrogen) atoms. The Kier molecular flexibility index (Phi) is 7.49. The van der Waals surface area contributed by atoms with Crippen molar-refractivity contribution in [3.05, 3.63) is 186 Å². The second kappa shape index (κ2) is 12.9. The van der Waals surface area contributed by atoms with Gasteiger partial charge in [-0.3, -0.25) is 0 Å². The molecule has 268 valence electrons. The third-order valence-corrected chi connectivity index (χ3v) is 11.9. The van der Waals surface area contributed by atoms with Crippen LogP contribution in [0.4, 0.5) is 0 Å². The number of fused-ring (bicyclic) bond motifs is 4. The molecular formula is C51H39N5. The maximum Gasteiger partial charge on any atom is 0.163 e. The summed E-state index contributed by atoms with van der Waals surface area (Å²) in [5, 5.41) is 9.98. The Morgan fingerprint density at radius 3 is 2.05 bits per heavy atom. The maximum absolute atomic E-state index is 5.19. The van der Waals surface area contributed by atoms with Crippen LogP contribution in [0.3, 0.4) is 0 Å². The van der Waals surface area contributed by atoms with Gasteiger partial charge in [0.2, 0.25) is 0 Å². The van der Waals surface area contributed by atoms with Crippen LogP contribution in [0.1, 0.15) is 43.5 Å². The van der Waals surface area contributed by atoms with Crippen LogP contribution < -0.4 is 5.35 Å². The van der Waals surface area contributed by atoms with Gasteiger partial charge >= 0.3 is 0 Å². The lowest BCUT2D eigenvalue weighted by atomic mass is 9.85. The first-order valence-corrected chi connectivity index (χ1v) is 19.6. The number of nitrogens with zero attached hydrogens (tertiary/aromatic N) is 5. The average molecular weight is 722 g/mol. The summed E-state index contributed by atoms with van der Waals surface area (Å²) in [5.74, 6) is 2.46. The van der Waals surface area contributed by atoms with Gasteiger partial charge < -0.3 is 9.47 Å². The molecule has 2 aromatic heterocycles. The van der Waals surface area contributed by atoms with E-state index in [0.717, 1.165) is 34.1 Å². The molecule has 11 rings (SSSR count). The minimum atomic E-state index is -0.00450. The fourth-order valence-corrected chi connectivity index (χ4v) is 9.11. The number of allylic oxidation sites excluding steroid dienone is 8. The minimum Gasteiger partial charge on any atom is -0.344 e. The molecule has 5 nitrogen and oxygen atoms in total. The first-order chi connectivity index (χ1) is 27.6. The third kappa shape index (κ3) is 5.19. The van der Waals surface area contributed by atoms with Crippen LogP contribution in [0.15, 0.2) is 170 Å². The largest absolute Gasteiger partial charge is 0.344 e. The van der Waals surface area contributed by atoms with Gasteiger partial charge in [-0.15, -0.1) is 0 Å². The second-order valence-electron chi connectivity index (χ2n) is 15.2. The predicted molar refractivity (Wildman–Crippen MR) is 232 cm³/mol. The van der Waals surface area contributed by atoms with Crippen molar-refractivity contribution in [3.63, 3.8) is 0 Å². The molecule has 0 spiro atoms. The molecule has 0 N–H and O–H groups in total.